The summed E-state index contributed by atoms with van der Waals surface area (Å²) in [7, 11) is -3.20. The van der Waals surface area contributed by atoms with Gasteiger partial charge in [0.1, 0.15) is 0 Å². The smallest absolute Gasteiger partial charge is 0.218 e. The first-order valence-electron chi connectivity index (χ1n) is 6.83. The minimum Gasteiger partial charge on any atom is -0.330 e. The number of hydrogen-bond donors (Lipinski definition) is 1. The summed E-state index contributed by atoms with van der Waals surface area (Å²) in [5.41, 5.74) is 6.42. The van der Waals surface area contributed by atoms with Crippen LogP contribution in [0.15, 0.2) is 30.3 Å². The van der Waals surface area contributed by atoms with E-state index in [1.54, 1.807) is 4.31 Å². The summed E-state index contributed by atoms with van der Waals surface area (Å²) in [6.07, 6.45) is 2.95. The molecule has 0 bridgehead atoms. The highest BCUT2D eigenvalue weighted by molar-refractivity contribution is 7.88. The first kappa shape index (κ1) is 14.5. The summed E-state index contributed by atoms with van der Waals surface area (Å²) < 4.78 is 26.4. The van der Waals surface area contributed by atoms with E-state index in [9.17, 15) is 8.42 Å². The maximum Gasteiger partial charge on any atom is 0.218 e. The molecule has 0 amide bonds. The minimum absolute atomic E-state index is 0.100. The number of sulfonamides is 1. The molecule has 5 heteroatoms. The van der Waals surface area contributed by atoms with Crippen LogP contribution in [0.25, 0.3) is 0 Å². The van der Waals surface area contributed by atoms with Crippen molar-refractivity contribution in [3.63, 3.8) is 0 Å². The maximum atomic E-state index is 12.4. The van der Waals surface area contributed by atoms with Crippen LogP contribution in [-0.4, -0.2) is 32.4 Å². The van der Waals surface area contributed by atoms with Crippen molar-refractivity contribution in [2.75, 3.05) is 19.6 Å². The monoisotopic (exact) mass is 282 g/mol. The molecule has 1 heterocycles. The Kier molecular flexibility index (Phi) is 4.96. The van der Waals surface area contributed by atoms with Crippen LogP contribution in [0.1, 0.15) is 24.8 Å². The molecule has 0 aliphatic carbocycles. The zero-order valence-corrected chi connectivity index (χ0v) is 12.0. The van der Waals surface area contributed by atoms with Crippen molar-refractivity contribution in [2.24, 2.45) is 11.7 Å². The van der Waals surface area contributed by atoms with Gasteiger partial charge in [-0.15, -0.1) is 0 Å². The molecule has 1 saturated heterocycles. The summed E-state index contributed by atoms with van der Waals surface area (Å²) in [5, 5.41) is 0. The Balaban J connectivity index is 2.03. The molecular weight excluding hydrogens is 260 g/mol. The Hall–Kier alpha value is -0.910. The van der Waals surface area contributed by atoms with Gasteiger partial charge in [-0.3, -0.25) is 0 Å². The van der Waals surface area contributed by atoms with Gasteiger partial charge in [0, 0.05) is 13.1 Å². The molecule has 1 aliphatic rings. The van der Waals surface area contributed by atoms with E-state index in [-0.39, 0.29) is 5.75 Å². The van der Waals surface area contributed by atoms with Gasteiger partial charge in [-0.05, 0) is 37.3 Å². The van der Waals surface area contributed by atoms with Crippen LogP contribution in [0.2, 0.25) is 0 Å². The number of nitrogens with two attached hydrogens (primary N) is 1. The Morgan fingerprint density at radius 2 is 2.00 bits per heavy atom. The van der Waals surface area contributed by atoms with Crippen LogP contribution in [0, 0.1) is 5.92 Å². The van der Waals surface area contributed by atoms with E-state index < -0.39 is 10.0 Å². The third-order valence-corrected chi connectivity index (χ3v) is 5.46. The van der Waals surface area contributed by atoms with Gasteiger partial charge in [0.2, 0.25) is 10.0 Å². The van der Waals surface area contributed by atoms with Crippen LogP contribution in [-0.2, 0) is 15.8 Å². The molecule has 2 N–H and O–H groups in total. The van der Waals surface area contributed by atoms with E-state index in [1.165, 1.54) is 0 Å². The molecule has 1 fully saturated rings. The summed E-state index contributed by atoms with van der Waals surface area (Å²) in [6.45, 7) is 1.92. The second kappa shape index (κ2) is 6.50. The van der Waals surface area contributed by atoms with Crippen LogP contribution >= 0.6 is 0 Å². The van der Waals surface area contributed by atoms with Gasteiger partial charge in [-0.2, -0.15) is 0 Å². The number of benzene rings is 1. The van der Waals surface area contributed by atoms with Gasteiger partial charge in [-0.25, -0.2) is 12.7 Å². The van der Waals surface area contributed by atoms with Gasteiger partial charge in [0.15, 0.2) is 0 Å². The zero-order chi connectivity index (χ0) is 13.7. The van der Waals surface area contributed by atoms with Gasteiger partial charge in [0.25, 0.3) is 0 Å². The lowest BCUT2D eigenvalue weighted by Gasteiger charge is -2.31. The lowest BCUT2D eigenvalue weighted by molar-refractivity contribution is 0.258. The normalized spacial score (nSPS) is 21.4. The Morgan fingerprint density at radius 3 is 2.68 bits per heavy atom. The highest BCUT2D eigenvalue weighted by Crippen LogP contribution is 2.23. The van der Waals surface area contributed by atoms with Crippen molar-refractivity contribution < 1.29 is 8.42 Å². The molecule has 4 nitrogen and oxygen atoms in total. The maximum absolute atomic E-state index is 12.4. The van der Waals surface area contributed by atoms with Crippen molar-refractivity contribution in [3.05, 3.63) is 35.9 Å². The van der Waals surface area contributed by atoms with Crippen molar-refractivity contribution in [1.29, 1.82) is 0 Å². The van der Waals surface area contributed by atoms with Crippen molar-refractivity contribution in [1.82, 2.24) is 4.31 Å². The van der Waals surface area contributed by atoms with Gasteiger partial charge >= 0.3 is 0 Å². The third-order valence-electron chi connectivity index (χ3n) is 3.64. The van der Waals surface area contributed by atoms with Crippen LogP contribution in [0.3, 0.4) is 0 Å². The topological polar surface area (TPSA) is 63.4 Å². The number of rotatable bonds is 5. The fourth-order valence-electron chi connectivity index (χ4n) is 2.63. The molecule has 1 aliphatic heterocycles. The Bertz CT molecular complexity index is 485. The Morgan fingerprint density at radius 1 is 1.26 bits per heavy atom. The standard InChI is InChI=1S/C14H22N2O2S/c15-9-8-13-7-4-10-16(11-13)19(17,18)12-14-5-2-1-3-6-14/h1-3,5-6,13H,4,7-12,15H2. The fraction of sp³-hybridized carbons (Fsp3) is 0.571. The molecule has 0 aromatic heterocycles. The average molecular weight is 282 g/mol. The van der Waals surface area contributed by atoms with E-state index in [4.69, 9.17) is 5.73 Å². The van der Waals surface area contributed by atoms with E-state index in [0.717, 1.165) is 24.8 Å². The second-order valence-corrected chi connectivity index (χ2v) is 7.15. The summed E-state index contributed by atoms with van der Waals surface area (Å²) in [4.78, 5) is 0. The molecule has 19 heavy (non-hydrogen) atoms. The number of nitrogens with zero attached hydrogens (tertiary/aromatic N) is 1. The minimum atomic E-state index is -3.20. The molecule has 0 spiro atoms. The van der Waals surface area contributed by atoms with E-state index in [0.29, 0.717) is 25.6 Å². The molecule has 1 aromatic carbocycles. The first-order chi connectivity index (χ1) is 9.12. The zero-order valence-electron chi connectivity index (χ0n) is 11.2. The van der Waals surface area contributed by atoms with Crippen molar-refractivity contribution in [3.8, 4) is 0 Å². The SMILES string of the molecule is NCCC1CCCN(S(=O)(=O)Cc2ccccc2)C1. The van der Waals surface area contributed by atoms with Crippen molar-refractivity contribution >= 4 is 10.0 Å². The molecule has 0 saturated carbocycles. The molecule has 1 unspecified atom stereocenters. The van der Waals surface area contributed by atoms with Crippen LogP contribution in [0.5, 0.6) is 0 Å². The summed E-state index contributed by atoms with van der Waals surface area (Å²) in [6, 6.07) is 9.36. The quantitative estimate of drug-likeness (QED) is 0.891. The summed E-state index contributed by atoms with van der Waals surface area (Å²) >= 11 is 0. The highest BCUT2D eigenvalue weighted by atomic mass is 32.2. The molecule has 106 valence electrons. The van der Waals surface area contributed by atoms with Crippen LogP contribution < -0.4 is 5.73 Å². The van der Waals surface area contributed by atoms with Gasteiger partial charge < -0.3 is 5.73 Å². The van der Waals surface area contributed by atoms with E-state index in [1.807, 2.05) is 30.3 Å². The van der Waals surface area contributed by atoms with E-state index in [2.05, 4.69) is 0 Å². The predicted molar refractivity (Wildman–Crippen MR) is 77.0 cm³/mol. The molecule has 1 atom stereocenters. The molecular formula is C14H22N2O2S. The second-order valence-electron chi connectivity index (χ2n) is 5.19. The van der Waals surface area contributed by atoms with E-state index >= 15 is 0 Å². The summed E-state index contributed by atoms with van der Waals surface area (Å²) in [5.74, 6) is 0.521. The average Bonchev–Trinajstić information content (AvgIpc) is 2.40. The highest BCUT2D eigenvalue weighted by Gasteiger charge is 2.28. The predicted octanol–water partition coefficient (Wildman–Crippen LogP) is 1.58. The molecule has 1 aromatic rings. The van der Waals surface area contributed by atoms with Crippen LogP contribution in [0.4, 0.5) is 0 Å². The van der Waals surface area contributed by atoms with Crippen molar-refractivity contribution in [2.45, 2.75) is 25.0 Å². The van der Waals surface area contributed by atoms with Gasteiger partial charge in [-0.1, -0.05) is 30.3 Å². The molecule has 2 rings (SSSR count). The Labute approximate surface area is 115 Å². The fourth-order valence-corrected chi connectivity index (χ4v) is 4.27. The third kappa shape index (κ3) is 4.03. The lowest BCUT2D eigenvalue weighted by atomic mass is 9.96. The number of hydrogen-bond acceptors (Lipinski definition) is 3. The lowest BCUT2D eigenvalue weighted by Crippen LogP contribution is -2.40. The number of piperidine rings is 1. The van der Waals surface area contributed by atoms with Gasteiger partial charge in [0.05, 0.1) is 5.75 Å². The first-order valence-corrected chi connectivity index (χ1v) is 8.44. The molecule has 0 radical (unpaired) electrons. The largest absolute Gasteiger partial charge is 0.330 e.